The molecule has 0 aliphatic heterocycles. The number of esters is 1. The van der Waals surface area contributed by atoms with Crippen LogP contribution in [-0.2, 0) is 29.0 Å². The number of aromatic nitrogens is 2. The molecule has 0 atom stereocenters. The number of carbonyl (C=O) groups is 2. The molecule has 1 aliphatic carbocycles. The average Bonchev–Trinajstić information content (AvgIpc) is 3.39. The lowest BCUT2D eigenvalue weighted by molar-refractivity contribution is -0.145. The van der Waals surface area contributed by atoms with Gasteiger partial charge in [-0.2, -0.15) is 4.98 Å². The quantitative estimate of drug-likeness (QED) is 0.418. The normalized spacial score (nSPS) is 12.6. The van der Waals surface area contributed by atoms with Gasteiger partial charge in [-0.25, -0.2) is 0 Å². The van der Waals surface area contributed by atoms with Crippen molar-refractivity contribution in [2.75, 3.05) is 0 Å². The van der Waals surface area contributed by atoms with Crippen molar-refractivity contribution in [1.29, 1.82) is 0 Å². The summed E-state index contributed by atoms with van der Waals surface area (Å²) >= 11 is 5.95. The predicted octanol–water partition coefficient (Wildman–Crippen LogP) is 4.59. The van der Waals surface area contributed by atoms with Crippen LogP contribution in [0.15, 0.2) is 47.0 Å². The topological polar surface area (TPSA) is 82.3 Å². The monoisotopic (exact) mass is 410 g/mol. The Labute approximate surface area is 172 Å². The third kappa shape index (κ3) is 4.71. The number of fused-ring (bicyclic) bond motifs is 1. The minimum Gasteiger partial charge on any atom is -0.456 e. The lowest BCUT2D eigenvalue weighted by atomic mass is 10.0. The van der Waals surface area contributed by atoms with Gasteiger partial charge in [0.25, 0.3) is 5.89 Å². The summed E-state index contributed by atoms with van der Waals surface area (Å²) in [6.07, 6.45) is 3.33. The van der Waals surface area contributed by atoms with E-state index in [0.717, 1.165) is 19.3 Å². The first-order valence-corrected chi connectivity index (χ1v) is 9.85. The molecule has 1 heterocycles. The summed E-state index contributed by atoms with van der Waals surface area (Å²) < 4.78 is 10.2. The molecule has 1 aliphatic rings. The maximum absolute atomic E-state index is 12.4. The fourth-order valence-corrected chi connectivity index (χ4v) is 3.57. The van der Waals surface area contributed by atoms with E-state index in [0.29, 0.717) is 22.0 Å². The lowest BCUT2D eigenvalue weighted by Gasteiger charge is -2.05. The van der Waals surface area contributed by atoms with Gasteiger partial charge in [0, 0.05) is 22.6 Å². The summed E-state index contributed by atoms with van der Waals surface area (Å²) in [4.78, 5) is 28.5. The van der Waals surface area contributed by atoms with Gasteiger partial charge in [-0.05, 0) is 48.6 Å². The highest BCUT2D eigenvalue weighted by molar-refractivity contribution is 6.30. The number of nitrogens with zero attached hydrogens (tertiary/aromatic N) is 2. The molecule has 0 spiro atoms. The SMILES string of the molecule is O=C(CCC(=O)c1ccc2c(c1)CCC2)OCc1nc(-c2cccc(Cl)c2)no1. The number of ketones is 1. The van der Waals surface area contributed by atoms with Crippen LogP contribution in [-0.4, -0.2) is 21.9 Å². The second kappa shape index (κ2) is 8.57. The molecule has 0 bridgehead atoms. The molecule has 29 heavy (non-hydrogen) atoms. The average molecular weight is 411 g/mol. The Bertz CT molecular complexity index is 1060. The molecule has 0 saturated carbocycles. The van der Waals surface area contributed by atoms with Crippen molar-refractivity contribution in [3.8, 4) is 11.4 Å². The highest BCUT2D eigenvalue weighted by Crippen LogP contribution is 2.24. The minimum absolute atomic E-state index is 0.00516. The van der Waals surface area contributed by atoms with Crippen molar-refractivity contribution in [3.05, 3.63) is 70.1 Å². The standard InChI is InChI=1S/C22H19ClN2O4/c23-18-6-2-5-17(12-18)22-24-20(29-25-22)13-28-21(27)10-9-19(26)16-8-7-14-3-1-4-15(14)11-16/h2,5-8,11-12H,1,3-4,9-10,13H2. The van der Waals surface area contributed by atoms with Gasteiger partial charge in [0.15, 0.2) is 12.4 Å². The number of carbonyl (C=O) groups excluding carboxylic acids is 2. The van der Waals surface area contributed by atoms with Crippen LogP contribution in [0.5, 0.6) is 0 Å². The molecule has 3 aromatic rings. The van der Waals surface area contributed by atoms with Crippen molar-refractivity contribution in [3.63, 3.8) is 0 Å². The third-order valence-electron chi connectivity index (χ3n) is 4.88. The molecular weight excluding hydrogens is 392 g/mol. The molecule has 0 unspecified atom stereocenters. The molecule has 7 heteroatoms. The highest BCUT2D eigenvalue weighted by Gasteiger charge is 2.16. The Morgan fingerprint density at radius 2 is 1.93 bits per heavy atom. The molecule has 6 nitrogen and oxygen atoms in total. The van der Waals surface area contributed by atoms with Gasteiger partial charge in [-0.15, -0.1) is 0 Å². The van der Waals surface area contributed by atoms with Gasteiger partial charge in [0.2, 0.25) is 5.82 Å². The summed E-state index contributed by atoms with van der Waals surface area (Å²) in [6.45, 7) is -0.139. The Kier molecular flexibility index (Phi) is 5.71. The first-order chi connectivity index (χ1) is 14.1. The molecule has 1 aromatic heterocycles. The Morgan fingerprint density at radius 3 is 2.79 bits per heavy atom. The van der Waals surface area contributed by atoms with Crippen LogP contribution in [0, 0.1) is 0 Å². The maximum atomic E-state index is 12.4. The highest BCUT2D eigenvalue weighted by atomic mass is 35.5. The fraction of sp³-hybridized carbons (Fsp3) is 0.273. The van der Waals surface area contributed by atoms with Gasteiger partial charge in [-0.1, -0.05) is 41.0 Å². The lowest BCUT2D eigenvalue weighted by Crippen LogP contribution is -2.08. The van der Waals surface area contributed by atoms with Crippen molar-refractivity contribution in [1.82, 2.24) is 10.1 Å². The second-order valence-electron chi connectivity index (χ2n) is 6.94. The van der Waals surface area contributed by atoms with E-state index in [1.54, 1.807) is 24.3 Å². The van der Waals surface area contributed by atoms with Crippen LogP contribution in [0.25, 0.3) is 11.4 Å². The van der Waals surface area contributed by atoms with Crippen LogP contribution in [0.2, 0.25) is 5.02 Å². The smallest absolute Gasteiger partial charge is 0.306 e. The minimum atomic E-state index is -0.484. The van der Waals surface area contributed by atoms with Gasteiger partial charge in [-0.3, -0.25) is 9.59 Å². The predicted molar refractivity (Wildman–Crippen MR) is 107 cm³/mol. The number of Topliss-reactive ketones (excluding diaryl/α,β-unsaturated/α-hetero) is 1. The van der Waals surface area contributed by atoms with E-state index in [2.05, 4.69) is 10.1 Å². The van der Waals surface area contributed by atoms with E-state index < -0.39 is 5.97 Å². The first-order valence-electron chi connectivity index (χ1n) is 9.47. The van der Waals surface area contributed by atoms with Crippen LogP contribution in [0.3, 0.4) is 0 Å². The molecule has 0 radical (unpaired) electrons. The molecule has 0 fully saturated rings. The largest absolute Gasteiger partial charge is 0.456 e. The molecule has 148 valence electrons. The summed E-state index contributed by atoms with van der Waals surface area (Å²) in [5.41, 5.74) is 3.92. The molecule has 0 N–H and O–H groups in total. The first kappa shape index (κ1) is 19.3. The second-order valence-corrected chi connectivity index (χ2v) is 7.38. The van der Waals surface area contributed by atoms with Crippen molar-refractivity contribution in [2.45, 2.75) is 38.7 Å². The summed E-state index contributed by atoms with van der Waals surface area (Å²) in [6, 6.07) is 12.9. The number of hydrogen-bond acceptors (Lipinski definition) is 6. The van der Waals surface area contributed by atoms with E-state index in [1.807, 2.05) is 18.2 Å². The van der Waals surface area contributed by atoms with Crippen LogP contribution < -0.4 is 0 Å². The third-order valence-corrected chi connectivity index (χ3v) is 5.12. The van der Waals surface area contributed by atoms with Crippen LogP contribution in [0.4, 0.5) is 0 Å². The number of ether oxygens (including phenoxy) is 1. The number of hydrogen-bond donors (Lipinski definition) is 0. The van der Waals surface area contributed by atoms with Crippen LogP contribution >= 0.6 is 11.6 Å². The number of rotatable bonds is 7. The van der Waals surface area contributed by atoms with Crippen molar-refractivity contribution < 1.29 is 18.8 Å². The molecular formula is C22H19ClN2O4. The number of aryl methyl sites for hydroxylation is 2. The van der Waals surface area contributed by atoms with E-state index in [1.165, 1.54) is 11.1 Å². The zero-order valence-corrected chi connectivity index (χ0v) is 16.4. The number of halogens is 1. The zero-order valence-electron chi connectivity index (χ0n) is 15.7. The summed E-state index contributed by atoms with van der Waals surface area (Å²) in [7, 11) is 0. The van der Waals surface area contributed by atoms with E-state index in [4.69, 9.17) is 20.9 Å². The molecule has 4 rings (SSSR count). The number of benzene rings is 2. The maximum Gasteiger partial charge on any atom is 0.306 e. The van der Waals surface area contributed by atoms with Crippen molar-refractivity contribution in [2.24, 2.45) is 0 Å². The van der Waals surface area contributed by atoms with Gasteiger partial charge in [0.05, 0.1) is 6.42 Å². The van der Waals surface area contributed by atoms with Crippen LogP contribution in [0.1, 0.15) is 46.6 Å². The summed E-state index contributed by atoms with van der Waals surface area (Å²) in [5.74, 6) is 0.00306. The van der Waals surface area contributed by atoms with Gasteiger partial charge < -0.3 is 9.26 Å². The summed E-state index contributed by atoms with van der Waals surface area (Å²) in [5, 5.41) is 4.42. The molecule has 0 saturated heterocycles. The van der Waals surface area contributed by atoms with E-state index in [-0.39, 0.29) is 31.1 Å². The Balaban J connectivity index is 1.27. The molecule has 0 amide bonds. The Morgan fingerprint density at radius 1 is 1.07 bits per heavy atom. The fourth-order valence-electron chi connectivity index (χ4n) is 3.38. The van der Waals surface area contributed by atoms with Gasteiger partial charge in [0.1, 0.15) is 0 Å². The Hall–Kier alpha value is -2.99. The van der Waals surface area contributed by atoms with Gasteiger partial charge >= 0.3 is 5.97 Å². The zero-order chi connectivity index (χ0) is 20.2. The van der Waals surface area contributed by atoms with Crippen molar-refractivity contribution >= 4 is 23.4 Å². The van der Waals surface area contributed by atoms with E-state index >= 15 is 0 Å². The van der Waals surface area contributed by atoms with E-state index in [9.17, 15) is 9.59 Å². The molecule has 2 aromatic carbocycles.